The van der Waals surface area contributed by atoms with E-state index in [0.29, 0.717) is 0 Å². The van der Waals surface area contributed by atoms with Crippen LogP contribution in [-0.4, -0.2) is 82.2 Å². The van der Waals surface area contributed by atoms with Crippen molar-refractivity contribution in [3.8, 4) is 0 Å². The predicted molar refractivity (Wildman–Crippen MR) is 90.5 cm³/mol. The Labute approximate surface area is 204 Å². The Balaban J connectivity index is 3.72. The van der Waals surface area contributed by atoms with Crippen molar-refractivity contribution in [1.29, 1.82) is 0 Å². The fourth-order valence-corrected chi connectivity index (χ4v) is 5.12. The Hall–Kier alpha value is -1.55. The van der Waals surface area contributed by atoms with E-state index in [9.17, 15) is 87.6 Å². The summed E-state index contributed by atoms with van der Waals surface area (Å²) in [7, 11) is -12.7. The number of hydrogen-bond acceptors (Lipinski definition) is 3. The van der Waals surface area contributed by atoms with E-state index in [4.69, 9.17) is 9.79 Å². The number of sulfonamides is 1. The summed E-state index contributed by atoms with van der Waals surface area (Å²) >= 11 is 0. The number of rotatable bonds is 10. The van der Waals surface area contributed by atoms with Gasteiger partial charge in [-0.1, -0.05) is 6.92 Å². The molecule has 0 aromatic carbocycles. The van der Waals surface area contributed by atoms with Crippen molar-refractivity contribution in [2.75, 3.05) is 12.7 Å². The Morgan fingerprint density at radius 1 is 0.744 bits per heavy atom. The average molecular weight is 659 g/mol. The highest BCUT2D eigenvalue weighted by Gasteiger charge is 2.96. The topological polar surface area (TPSA) is 94.9 Å². The molecule has 0 amide bonds. The van der Waals surface area contributed by atoms with Gasteiger partial charge in [0.1, 0.15) is 0 Å². The summed E-state index contributed by atoms with van der Waals surface area (Å²) in [5.74, 6) is -53.8. The maximum atomic E-state index is 14.2. The molecule has 0 saturated heterocycles. The van der Waals surface area contributed by atoms with Gasteiger partial charge in [-0.2, -0.15) is 83.1 Å². The lowest BCUT2D eigenvalue weighted by atomic mass is 9.91. The van der Waals surface area contributed by atoms with Crippen LogP contribution in [0.1, 0.15) is 6.92 Å². The summed E-state index contributed by atoms with van der Waals surface area (Å²) in [5, 5.41) is -7.74. The SMILES string of the molecule is CC1CN(S(=O)(=O)C(F)(F)C(F)(F)C(F)(F)C(F)(F)C(F)(F)C(F)(F)C(F)(F)C(F)(F)F)C=C1CP(=O)(O)O. The van der Waals surface area contributed by atoms with E-state index < -0.39 is 93.1 Å². The summed E-state index contributed by atoms with van der Waals surface area (Å²) in [4.78, 5) is 17.6. The highest BCUT2D eigenvalue weighted by molar-refractivity contribution is 7.90. The summed E-state index contributed by atoms with van der Waals surface area (Å²) in [6, 6.07) is 0. The summed E-state index contributed by atoms with van der Waals surface area (Å²) in [6.45, 7) is -0.767. The van der Waals surface area contributed by atoms with Crippen LogP contribution >= 0.6 is 7.60 Å². The second-order valence-corrected chi connectivity index (χ2v) is 11.5. The van der Waals surface area contributed by atoms with Gasteiger partial charge in [-0.25, -0.2) is 0 Å². The molecular formula is C14H11F17NO5PS. The molecule has 6 nitrogen and oxygen atoms in total. The molecule has 25 heteroatoms. The second kappa shape index (κ2) is 9.23. The minimum atomic E-state index is -8.94. The fraction of sp³-hybridized carbons (Fsp3) is 0.857. The molecule has 1 rings (SSSR count). The van der Waals surface area contributed by atoms with Crippen molar-refractivity contribution in [3.05, 3.63) is 11.8 Å². The van der Waals surface area contributed by atoms with Gasteiger partial charge in [-0.15, -0.1) is 0 Å². The van der Waals surface area contributed by atoms with Crippen LogP contribution in [0.4, 0.5) is 74.6 Å². The highest BCUT2D eigenvalue weighted by Crippen LogP contribution is 2.64. The first-order chi connectivity index (χ1) is 16.6. The minimum Gasteiger partial charge on any atom is -0.324 e. The molecule has 1 heterocycles. The van der Waals surface area contributed by atoms with Crippen molar-refractivity contribution in [2.45, 2.75) is 53.9 Å². The molecule has 0 spiro atoms. The molecule has 0 radical (unpaired) electrons. The number of nitrogens with zero attached hydrogens (tertiary/aromatic N) is 1. The number of halogens is 17. The van der Waals surface area contributed by atoms with Crippen LogP contribution in [0.2, 0.25) is 0 Å². The Bertz CT molecular complexity index is 1140. The normalized spacial score (nSPS) is 19.9. The van der Waals surface area contributed by atoms with Gasteiger partial charge < -0.3 is 9.79 Å². The molecule has 1 aliphatic rings. The quantitative estimate of drug-likeness (QED) is 0.246. The number of alkyl halides is 17. The van der Waals surface area contributed by atoms with E-state index in [1.165, 1.54) is 0 Å². The first kappa shape index (κ1) is 35.5. The summed E-state index contributed by atoms with van der Waals surface area (Å²) in [6.07, 6.45) is -9.66. The van der Waals surface area contributed by atoms with Gasteiger partial charge in [-0.3, -0.25) is 8.87 Å². The first-order valence-corrected chi connectivity index (χ1v) is 12.3. The van der Waals surface area contributed by atoms with Gasteiger partial charge in [0.2, 0.25) is 0 Å². The lowest BCUT2D eigenvalue weighted by Crippen LogP contribution is -2.75. The van der Waals surface area contributed by atoms with E-state index >= 15 is 0 Å². The van der Waals surface area contributed by atoms with Crippen molar-refractivity contribution in [2.24, 2.45) is 5.92 Å². The molecule has 1 aliphatic heterocycles. The third kappa shape index (κ3) is 4.95. The Morgan fingerprint density at radius 3 is 1.41 bits per heavy atom. The molecule has 232 valence electrons. The van der Waals surface area contributed by atoms with Crippen LogP contribution in [0, 0.1) is 5.92 Å². The van der Waals surface area contributed by atoms with E-state index in [0.717, 1.165) is 6.92 Å². The van der Waals surface area contributed by atoms with Crippen molar-refractivity contribution in [3.63, 3.8) is 0 Å². The van der Waals surface area contributed by atoms with Crippen molar-refractivity contribution in [1.82, 2.24) is 4.31 Å². The van der Waals surface area contributed by atoms with Crippen molar-refractivity contribution >= 4 is 17.6 Å². The van der Waals surface area contributed by atoms with Crippen LogP contribution in [0.15, 0.2) is 11.8 Å². The average Bonchev–Trinajstić information content (AvgIpc) is 3.05. The van der Waals surface area contributed by atoms with Crippen LogP contribution in [0.3, 0.4) is 0 Å². The molecule has 0 fully saturated rings. The van der Waals surface area contributed by atoms with Gasteiger partial charge >= 0.3 is 64.6 Å². The van der Waals surface area contributed by atoms with E-state index in [2.05, 4.69) is 0 Å². The van der Waals surface area contributed by atoms with Gasteiger partial charge in [-0.05, 0) is 11.5 Å². The van der Waals surface area contributed by atoms with Gasteiger partial charge in [0.25, 0.3) is 0 Å². The third-order valence-electron chi connectivity index (χ3n) is 5.11. The monoisotopic (exact) mass is 659 g/mol. The predicted octanol–water partition coefficient (Wildman–Crippen LogP) is 5.30. The second-order valence-electron chi connectivity index (χ2n) is 7.96. The molecule has 0 aromatic heterocycles. The van der Waals surface area contributed by atoms with E-state index in [1.807, 2.05) is 0 Å². The smallest absolute Gasteiger partial charge is 0.324 e. The molecule has 39 heavy (non-hydrogen) atoms. The standard InChI is InChI=1S/C14H11F17NO5PS/c1-5-2-32(3-6(5)4-38(33,34)35)39(36,37)14(30,31)12(25,26)10(21,22)8(17,18)7(15,16)9(19,20)11(23,24)13(27,28)29/h3,5H,2,4H2,1H3,(H2,33,34,35). The zero-order valence-corrected chi connectivity index (χ0v) is 19.6. The molecule has 0 saturated carbocycles. The molecule has 2 N–H and O–H groups in total. The van der Waals surface area contributed by atoms with E-state index in [1.54, 1.807) is 0 Å². The van der Waals surface area contributed by atoms with Crippen molar-refractivity contribution < 1.29 is 97.4 Å². The van der Waals surface area contributed by atoms with Crippen LogP contribution in [-0.2, 0) is 14.6 Å². The minimum absolute atomic E-state index is 0.272. The molecule has 1 atom stereocenters. The first-order valence-electron chi connectivity index (χ1n) is 9.07. The molecule has 0 bridgehead atoms. The zero-order chi connectivity index (χ0) is 31.9. The third-order valence-corrected chi connectivity index (χ3v) is 7.66. The summed E-state index contributed by atoms with van der Waals surface area (Å²) < 4.78 is 261. The van der Waals surface area contributed by atoms with E-state index in [-0.39, 0.29) is 6.20 Å². The molecule has 0 aromatic rings. The molecular weight excluding hydrogens is 648 g/mol. The fourth-order valence-electron chi connectivity index (χ4n) is 2.81. The highest BCUT2D eigenvalue weighted by atomic mass is 32.2. The van der Waals surface area contributed by atoms with Crippen LogP contribution in [0.25, 0.3) is 0 Å². The van der Waals surface area contributed by atoms with Crippen LogP contribution < -0.4 is 0 Å². The van der Waals surface area contributed by atoms with Gasteiger partial charge in [0.15, 0.2) is 0 Å². The maximum Gasteiger partial charge on any atom is 0.460 e. The maximum absolute atomic E-state index is 14.2. The Morgan fingerprint density at radius 2 is 1.08 bits per heavy atom. The Kier molecular flexibility index (Phi) is 8.40. The lowest BCUT2D eigenvalue weighted by molar-refractivity contribution is -0.458. The molecule has 1 unspecified atom stereocenters. The molecule has 0 aliphatic carbocycles. The summed E-state index contributed by atoms with van der Waals surface area (Å²) in [5.41, 5.74) is -0.844. The largest absolute Gasteiger partial charge is 0.460 e. The van der Waals surface area contributed by atoms with Crippen LogP contribution in [0.5, 0.6) is 0 Å². The lowest BCUT2D eigenvalue weighted by Gasteiger charge is -2.42. The number of hydrogen-bond donors (Lipinski definition) is 2. The van der Waals surface area contributed by atoms with Gasteiger partial charge in [0.05, 0.1) is 6.16 Å². The zero-order valence-electron chi connectivity index (χ0n) is 17.9. The van der Waals surface area contributed by atoms with Gasteiger partial charge in [0, 0.05) is 12.7 Å².